The number of pyridine rings is 1. The van der Waals surface area contributed by atoms with E-state index in [2.05, 4.69) is 10.1 Å². The van der Waals surface area contributed by atoms with Crippen molar-refractivity contribution in [3.8, 4) is 5.75 Å². The van der Waals surface area contributed by atoms with Gasteiger partial charge in [-0.2, -0.15) is 0 Å². The highest BCUT2D eigenvalue weighted by Crippen LogP contribution is 2.26. The average Bonchev–Trinajstić information content (AvgIpc) is 2.50. The second-order valence-electron chi connectivity index (χ2n) is 6.07. The highest BCUT2D eigenvalue weighted by atomic mass is 35.5. The Hall–Kier alpha value is -2.60. The second kappa shape index (κ2) is 6.88. The van der Waals surface area contributed by atoms with Crippen LogP contribution in [0.4, 0.5) is 0 Å². The number of rotatable bonds is 4. The van der Waals surface area contributed by atoms with Crippen LogP contribution in [0.15, 0.2) is 41.7 Å². The molecule has 0 radical (unpaired) electrons. The summed E-state index contributed by atoms with van der Waals surface area (Å²) in [5.74, 6) is -0.736. The lowest BCUT2D eigenvalue weighted by Crippen LogP contribution is -2.21. The van der Waals surface area contributed by atoms with E-state index in [-0.39, 0.29) is 28.3 Å². The number of aromatic hydroxyl groups is 1. The van der Waals surface area contributed by atoms with Crippen molar-refractivity contribution in [2.75, 3.05) is 0 Å². The van der Waals surface area contributed by atoms with Gasteiger partial charge in [0.05, 0.1) is 5.56 Å². The number of phenols is 1. The third kappa shape index (κ3) is 4.23. The zero-order valence-electron chi connectivity index (χ0n) is 13.6. The Bertz CT molecular complexity index is 798. The molecule has 0 spiro atoms. The molecule has 6 nitrogen and oxygen atoms in total. The van der Waals surface area contributed by atoms with Crippen molar-refractivity contribution in [3.63, 3.8) is 0 Å². The van der Waals surface area contributed by atoms with E-state index in [1.165, 1.54) is 30.5 Å². The average molecular weight is 348 g/mol. The first-order valence-electron chi connectivity index (χ1n) is 7.19. The van der Waals surface area contributed by atoms with Gasteiger partial charge in [0.1, 0.15) is 22.8 Å². The highest BCUT2D eigenvalue weighted by Gasteiger charge is 2.22. The number of aromatic nitrogens is 1. The van der Waals surface area contributed by atoms with E-state index in [1.807, 2.05) is 20.8 Å². The van der Waals surface area contributed by atoms with Gasteiger partial charge in [0.2, 0.25) is 0 Å². The monoisotopic (exact) mass is 347 g/mol. The van der Waals surface area contributed by atoms with Gasteiger partial charge >= 0.3 is 0 Å². The van der Waals surface area contributed by atoms with E-state index in [4.69, 9.17) is 22.2 Å². The van der Waals surface area contributed by atoms with Crippen LogP contribution in [0.5, 0.6) is 5.75 Å². The first-order chi connectivity index (χ1) is 11.2. The molecule has 2 rings (SSSR count). The minimum atomic E-state index is -0.664. The molecule has 1 amide bonds. The van der Waals surface area contributed by atoms with Gasteiger partial charge in [0.15, 0.2) is 0 Å². The molecule has 0 unspecified atom stereocenters. The van der Waals surface area contributed by atoms with Crippen molar-refractivity contribution in [2.45, 2.75) is 26.4 Å². The number of hydrogen-bond acceptors (Lipinski definition) is 5. The van der Waals surface area contributed by atoms with Gasteiger partial charge < -0.3 is 15.7 Å². The first kappa shape index (κ1) is 17.7. The number of phenolic OH excluding ortho intramolecular Hbond substituents is 1. The maximum absolute atomic E-state index is 11.7. The van der Waals surface area contributed by atoms with Gasteiger partial charge in [0.25, 0.3) is 5.91 Å². The molecule has 0 aliphatic heterocycles. The summed E-state index contributed by atoms with van der Waals surface area (Å²) in [7, 11) is 0. The van der Waals surface area contributed by atoms with E-state index in [1.54, 1.807) is 6.07 Å². The second-order valence-corrected chi connectivity index (χ2v) is 6.51. The summed E-state index contributed by atoms with van der Waals surface area (Å²) >= 11 is 6.02. The molecule has 0 fully saturated rings. The lowest BCUT2D eigenvalue weighted by molar-refractivity contribution is 0.00111. The van der Waals surface area contributed by atoms with Gasteiger partial charge in [0, 0.05) is 16.8 Å². The molecule has 3 N–H and O–H groups in total. The van der Waals surface area contributed by atoms with E-state index >= 15 is 0 Å². The highest BCUT2D eigenvalue weighted by molar-refractivity contribution is 6.31. The third-order valence-corrected chi connectivity index (χ3v) is 3.16. The number of nitrogens with two attached hydrogens (primary N) is 1. The fourth-order valence-electron chi connectivity index (χ4n) is 1.89. The van der Waals surface area contributed by atoms with Crippen LogP contribution < -0.4 is 5.73 Å². The Kier molecular flexibility index (Phi) is 5.09. The summed E-state index contributed by atoms with van der Waals surface area (Å²) in [6, 6.07) is 7.59. The van der Waals surface area contributed by atoms with Crippen molar-refractivity contribution in [1.29, 1.82) is 0 Å². The number of amides is 1. The lowest BCUT2D eigenvalue weighted by Gasteiger charge is -2.18. The number of primary amides is 1. The van der Waals surface area contributed by atoms with Crippen molar-refractivity contribution in [2.24, 2.45) is 10.9 Å². The molecule has 1 heterocycles. The molecular formula is C17H18ClN3O3. The fourth-order valence-corrected chi connectivity index (χ4v) is 2.07. The maximum atomic E-state index is 11.7. The van der Waals surface area contributed by atoms with Crippen LogP contribution in [0.25, 0.3) is 0 Å². The van der Waals surface area contributed by atoms with E-state index < -0.39 is 11.5 Å². The summed E-state index contributed by atoms with van der Waals surface area (Å²) in [5, 5.41) is 14.7. The van der Waals surface area contributed by atoms with Crippen LogP contribution in [-0.2, 0) is 4.84 Å². The quantitative estimate of drug-likeness (QED) is 0.655. The Morgan fingerprint density at radius 3 is 2.62 bits per heavy atom. The van der Waals surface area contributed by atoms with Crippen LogP contribution in [-0.4, -0.2) is 27.3 Å². The molecular weight excluding hydrogens is 330 g/mol. The molecule has 1 aromatic heterocycles. The molecule has 0 saturated carbocycles. The first-order valence-corrected chi connectivity index (χ1v) is 7.57. The smallest absolute Gasteiger partial charge is 0.250 e. The molecule has 0 atom stereocenters. The standard InChI is InChI=1S/C17H18ClN3O3/c1-17(2,3)24-21-15(12-9-10(18)6-7-13(12)22)14-11(16(19)23)5-4-8-20-14/h4-9,22H,1-3H3,(H2,19,23). The lowest BCUT2D eigenvalue weighted by atomic mass is 10.0. The van der Waals surface area contributed by atoms with Crippen LogP contribution in [0, 0.1) is 0 Å². The van der Waals surface area contributed by atoms with E-state index in [0.29, 0.717) is 5.02 Å². The summed E-state index contributed by atoms with van der Waals surface area (Å²) in [5.41, 5.74) is 5.65. The van der Waals surface area contributed by atoms with Crippen LogP contribution in [0.2, 0.25) is 5.02 Å². The van der Waals surface area contributed by atoms with Crippen molar-refractivity contribution < 1.29 is 14.7 Å². The number of carbonyl (C=O) groups is 1. The topological polar surface area (TPSA) is 97.8 Å². The molecule has 7 heteroatoms. The molecule has 0 aliphatic rings. The number of hydrogen-bond donors (Lipinski definition) is 2. The predicted octanol–water partition coefficient (Wildman–Crippen LogP) is 3.11. The van der Waals surface area contributed by atoms with Crippen molar-refractivity contribution >= 4 is 23.2 Å². The Morgan fingerprint density at radius 1 is 1.29 bits per heavy atom. The largest absolute Gasteiger partial charge is 0.507 e. The molecule has 0 bridgehead atoms. The Labute approximate surface area is 144 Å². The summed E-state index contributed by atoms with van der Waals surface area (Å²) in [6.07, 6.45) is 1.50. The third-order valence-electron chi connectivity index (χ3n) is 2.92. The zero-order valence-corrected chi connectivity index (χ0v) is 14.3. The predicted molar refractivity (Wildman–Crippen MR) is 92.3 cm³/mol. The van der Waals surface area contributed by atoms with E-state index in [9.17, 15) is 9.90 Å². The van der Waals surface area contributed by atoms with Gasteiger partial charge in [-0.3, -0.25) is 9.78 Å². The number of benzene rings is 1. The molecule has 24 heavy (non-hydrogen) atoms. The zero-order chi connectivity index (χ0) is 17.9. The van der Waals surface area contributed by atoms with Gasteiger partial charge in [-0.15, -0.1) is 0 Å². The van der Waals surface area contributed by atoms with Crippen molar-refractivity contribution in [3.05, 3.63) is 58.4 Å². The molecule has 2 aromatic rings. The minimum absolute atomic E-state index is 0.0725. The van der Waals surface area contributed by atoms with Crippen molar-refractivity contribution in [1.82, 2.24) is 4.98 Å². The van der Waals surface area contributed by atoms with Gasteiger partial charge in [-0.05, 0) is 51.1 Å². The van der Waals surface area contributed by atoms with Gasteiger partial charge in [-0.25, -0.2) is 0 Å². The van der Waals surface area contributed by atoms with Crippen LogP contribution in [0.3, 0.4) is 0 Å². The molecule has 126 valence electrons. The number of oxime groups is 1. The Balaban J connectivity index is 2.69. The number of nitrogens with zero attached hydrogens (tertiary/aromatic N) is 2. The van der Waals surface area contributed by atoms with Gasteiger partial charge in [-0.1, -0.05) is 16.8 Å². The normalized spacial score (nSPS) is 12.1. The minimum Gasteiger partial charge on any atom is -0.507 e. The summed E-state index contributed by atoms with van der Waals surface area (Å²) in [6.45, 7) is 5.46. The molecule has 1 aromatic carbocycles. The number of carbonyl (C=O) groups excluding carboxylic acids is 1. The molecule has 0 aliphatic carbocycles. The number of halogens is 1. The molecule has 0 saturated heterocycles. The summed E-state index contributed by atoms with van der Waals surface area (Å²) < 4.78 is 0. The van der Waals surface area contributed by atoms with E-state index in [0.717, 1.165) is 0 Å². The van der Waals surface area contributed by atoms with Crippen LogP contribution in [0.1, 0.15) is 42.4 Å². The SMILES string of the molecule is CC(C)(C)ON=C(c1cc(Cl)ccc1O)c1ncccc1C(N)=O. The fraction of sp³-hybridized carbons (Fsp3) is 0.235. The summed E-state index contributed by atoms with van der Waals surface area (Å²) in [4.78, 5) is 21.4. The van der Waals surface area contributed by atoms with Crippen LogP contribution >= 0.6 is 11.6 Å². The maximum Gasteiger partial charge on any atom is 0.250 e. The Morgan fingerprint density at radius 2 is 2.00 bits per heavy atom.